The first-order chi connectivity index (χ1) is 15.0. The van der Waals surface area contributed by atoms with Gasteiger partial charge in [0.25, 0.3) is 11.5 Å². The van der Waals surface area contributed by atoms with E-state index in [0.717, 1.165) is 0 Å². The molecule has 0 fully saturated rings. The minimum absolute atomic E-state index is 0.151. The van der Waals surface area contributed by atoms with E-state index in [0.29, 0.717) is 42.1 Å². The SMILES string of the molecule is COCCn1c(C(=O)NC(Cn2nccn2)C(C)C)cc2c(=O)n3ccccc3nc21. The van der Waals surface area contributed by atoms with E-state index in [2.05, 4.69) is 20.5 Å². The van der Waals surface area contributed by atoms with Gasteiger partial charge < -0.3 is 14.6 Å². The van der Waals surface area contributed by atoms with E-state index in [9.17, 15) is 9.59 Å². The van der Waals surface area contributed by atoms with Crippen molar-refractivity contribution in [3.8, 4) is 0 Å². The van der Waals surface area contributed by atoms with Crippen LogP contribution in [0.4, 0.5) is 0 Å². The summed E-state index contributed by atoms with van der Waals surface area (Å²) in [5, 5.41) is 11.7. The zero-order valence-electron chi connectivity index (χ0n) is 17.7. The Labute approximate surface area is 178 Å². The van der Waals surface area contributed by atoms with Crippen LogP contribution in [-0.4, -0.2) is 54.6 Å². The van der Waals surface area contributed by atoms with Crippen LogP contribution < -0.4 is 10.9 Å². The summed E-state index contributed by atoms with van der Waals surface area (Å²) in [6, 6.07) is 6.77. The summed E-state index contributed by atoms with van der Waals surface area (Å²) in [7, 11) is 1.59. The van der Waals surface area contributed by atoms with Gasteiger partial charge in [0.2, 0.25) is 0 Å². The molecule has 0 aliphatic carbocycles. The van der Waals surface area contributed by atoms with Crippen LogP contribution in [0.3, 0.4) is 0 Å². The van der Waals surface area contributed by atoms with Crippen molar-refractivity contribution >= 4 is 22.6 Å². The van der Waals surface area contributed by atoms with Crippen molar-refractivity contribution in [3.05, 3.63) is 58.9 Å². The van der Waals surface area contributed by atoms with Gasteiger partial charge in [-0.3, -0.25) is 14.0 Å². The number of nitrogens with zero attached hydrogens (tertiary/aromatic N) is 6. The molecule has 162 valence electrons. The molecule has 4 heterocycles. The first-order valence-electron chi connectivity index (χ1n) is 10.1. The lowest BCUT2D eigenvalue weighted by atomic mass is 10.0. The average molecular weight is 423 g/mol. The van der Waals surface area contributed by atoms with Crippen molar-refractivity contribution in [1.82, 2.24) is 34.3 Å². The monoisotopic (exact) mass is 423 g/mol. The van der Waals surface area contributed by atoms with Gasteiger partial charge in [0.05, 0.1) is 37.0 Å². The van der Waals surface area contributed by atoms with Crippen LogP contribution in [0.1, 0.15) is 24.3 Å². The number of hydrogen-bond acceptors (Lipinski definition) is 6. The summed E-state index contributed by atoms with van der Waals surface area (Å²) >= 11 is 0. The molecule has 4 aromatic heterocycles. The maximum absolute atomic E-state index is 13.3. The van der Waals surface area contributed by atoms with E-state index in [1.165, 1.54) is 4.40 Å². The van der Waals surface area contributed by atoms with Crippen LogP contribution in [-0.2, 0) is 17.8 Å². The number of nitrogens with one attached hydrogen (secondary N) is 1. The van der Waals surface area contributed by atoms with E-state index in [1.54, 1.807) is 53.3 Å². The number of fused-ring (bicyclic) bond motifs is 2. The number of ether oxygens (including phenoxy) is 1. The quantitative estimate of drug-likeness (QED) is 0.458. The lowest BCUT2D eigenvalue weighted by Crippen LogP contribution is -2.42. The molecule has 1 unspecified atom stereocenters. The molecule has 1 N–H and O–H groups in total. The van der Waals surface area contributed by atoms with Crippen molar-refractivity contribution in [1.29, 1.82) is 0 Å². The molecule has 0 aliphatic rings. The second-order valence-corrected chi connectivity index (χ2v) is 7.67. The van der Waals surface area contributed by atoms with Crippen molar-refractivity contribution < 1.29 is 9.53 Å². The van der Waals surface area contributed by atoms with Gasteiger partial charge in [-0.15, -0.1) is 0 Å². The summed E-state index contributed by atoms with van der Waals surface area (Å²) in [6.45, 7) is 5.26. The molecule has 0 aromatic carbocycles. The number of amides is 1. The largest absolute Gasteiger partial charge is 0.383 e. The first-order valence-corrected chi connectivity index (χ1v) is 10.1. The third-order valence-electron chi connectivity index (χ3n) is 5.28. The molecule has 31 heavy (non-hydrogen) atoms. The van der Waals surface area contributed by atoms with E-state index < -0.39 is 0 Å². The lowest BCUT2D eigenvalue weighted by molar-refractivity contribution is 0.0906. The lowest BCUT2D eigenvalue weighted by Gasteiger charge is -2.22. The summed E-state index contributed by atoms with van der Waals surface area (Å²) in [4.78, 5) is 32.5. The highest BCUT2D eigenvalue weighted by Crippen LogP contribution is 2.17. The van der Waals surface area contributed by atoms with Crippen LogP contribution in [0.2, 0.25) is 0 Å². The van der Waals surface area contributed by atoms with Gasteiger partial charge >= 0.3 is 0 Å². The predicted octanol–water partition coefficient (Wildman–Crippen LogP) is 1.34. The van der Waals surface area contributed by atoms with Crippen LogP contribution in [0.5, 0.6) is 0 Å². The molecule has 1 atom stereocenters. The summed E-state index contributed by atoms with van der Waals surface area (Å²) in [5.41, 5.74) is 1.14. The Morgan fingerprint density at radius 1 is 1.23 bits per heavy atom. The molecule has 0 aliphatic heterocycles. The molecule has 0 bridgehead atoms. The highest BCUT2D eigenvalue weighted by Gasteiger charge is 2.23. The Kier molecular flexibility index (Phi) is 5.81. The van der Waals surface area contributed by atoms with Crippen molar-refractivity contribution in [2.45, 2.75) is 33.0 Å². The summed E-state index contributed by atoms with van der Waals surface area (Å²) < 4.78 is 8.44. The summed E-state index contributed by atoms with van der Waals surface area (Å²) in [6.07, 6.45) is 4.87. The molecule has 0 saturated carbocycles. The van der Waals surface area contributed by atoms with Crippen molar-refractivity contribution in [3.63, 3.8) is 0 Å². The number of methoxy groups -OCH3 is 1. The number of pyridine rings is 1. The Balaban J connectivity index is 1.75. The molecule has 4 rings (SSSR count). The highest BCUT2D eigenvalue weighted by molar-refractivity contribution is 5.98. The maximum atomic E-state index is 13.3. The fourth-order valence-electron chi connectivity index (χ4n) is 3.53. The number of hydrogen-bond donors (Lipinski definition) is 1. The minimum atomic E-state index is -0.284. The third-order valence-corrected chi connectivity index (χ3v) is 5.28. The zero-order valence-corrected chi connectivity index (χ0v) is 17.7. The zero-order chi connectivity index (χ0) is 22.0. The van der Waals surface area contributed by atoms with Crippen LogP contribution in [0.25, 0.3) is 16.7 Å². The molecule has 10 heteroatoms. The van der Waals surface area contributed by atoms with E-state index in [1.807, 2.05) is 19.9 Å². The molecule has 0 spiro atoms. The molecule has 1 amide bonds. The smallest absolute Gasteiger partial charge is 0.268 e. The van der Waals surface area contributed by atoms with Crippen molar-refractivity contribution in [2.75, 3.05) is 13.7 Å². The van der Waals surface area contributed by atoms with Crippen molar-refractivity contribution in [2.24, 2.45) is 5.92 Å². The molecule has 0 radical (unpaired) electrons. The highest BCUT2D eigenvalue weighted by atomic mass is 16.5. The molecular formula is C21H25N7O3. The normalized spacial score (nSPS) is 12.6. The minimum Gasteiger partial charge on any atom is -0.383 e. The van der Waals surface area contributed by atoms with Gasteiger partial charge in [-0.25, -0.2) is 4.98 Å². The van der Waals surface area contributed by atoms with Gasteiger partial charge in [-0.2, -0.15) is 15.0 Å². The number of carbonyl (C=O) groups excluding carboxylic acids is 1. The van der Waals surface area contributed by atoms with E-state index in [-0.39, 0.29) is 23.4 Å². The fourth-order valence-corrected chi connectivity index (χ4v) is 3.53. The second-order valence-electron chi connectivity index (χ2n) is 7.67. The van der Waals surface area contributed by atoms with Crippen LogP contribution >= 0.6 is 0 Å². The third kappa shape index (κ3) is 4.06. The van der Waals surface area contributed by atoms with Crippen LogP contribution in [0, 0.1) is 5.92 Å². The Hall–Kier alpha value is -3.53. The predicted molar refractivity (Wildman–Crippen MR) is 115 cm³/mol. The number of carbonyl (C=O) groups is 1. The number of rotatable bonds is 8. The van der Waals surface area contributed by atoms with Gasteiger partial charge in [-0.05, 0) is 24.1 Å². The summed E-state index contributed by atoms with van der Waals surface area (Å²) in [5.74, 6) is -0.133. The Bertz CT molecular complexity index is 1260. The average Bonchev–Trinajstić information content (AvgIpc) is 3.40. The standard InChI is InChI=1S/C21H25N7O3/c1-14(2)16(13-28-22-7-8-23-28)24-20(29)17-12-15-19(26(17)10-11-31-3)25-18-6-4-5-9-27(18)21(15)30/h4-9,12,14,16H,10-11,13H2,1-3H3,(H,24,29). The Morgan fingerprint density at radius 3 is 2.71 bits per heavy atom. The molecule has 4 aromatic rings. The van der Waals surface area contributed by atoms with Gasteiger partial charge in [-0.1, -0.05) is 19.9 Å². The second kappa shape index (κ2) is 8.68. The molecule has 10 nitrogen and oxygen atoms in total. The van der Waals surface area contributed by atoms with Crippen LogP contribution in [0.15, 0.2) is 47.7 Å². The van der Waals surface area contributed by atoms with E-state index in [4.69, 9.17) is 4.74 Å². The maximum Gasteiger partial charge on any atom is 0.268 e. The van der Waals surface area contributed by atoms with Gasteiger partial charge in [0, 0.05) is 19.9 Å². The van der Waals surface area contributed by atoms with Gasteiger partial charge in [0.15, 0.2) is 0 Å². The number of aromatic nitrogens is 6. The first kappa shape index (κ1) is 20.7. The van der Waals surface area contributed by atoms with E-state index >= 15 is 0 Å². The fraction of sp³-hybridized carbons (Fsp3) is 0.381. The van der Waals surface area contributed by atoms with Gasteiger partial charge in [0.1, 0.15) is 17.0 Å². The molecule has 0 saturated heterocycles. The topological polar surface area (TPSA) is 108 Å². The molecular weight excluding hydrogens is 398 g/mol. The Morgan fingerprint density at radius 2 is 2.00 bits per heavy atom.